The number of hydrogen-bond donors (Lipinski definition) is 1. The average Bonchev–Trinajstić information content (AvgIpc) is 2.25. The van der Waals surface area contributed by atoms with Gasteiger partial charge in [0.25, 0.3) is 0 Å². The minimum atomic E-state index is -4.60. The van der Waals surface area contributed by atoms with Crippen LogP contribution in [0.1, 0.15) is 0 Å². The summed E-state index contributed by atoms with van der Waals surface area (Å²) in [4.78, 5) is 24.6. The van der Waals surface area contributed by atoms with Gasteiger partial charge in [-0.3, -0.25) is 9.59 Å². The van der Waals surface area contributed by atoms with Crippen molar-refractivity contribution in [1.29, 1.82) is 0 Å². The minimum absolute atomic E-state index is 0.219. The lowest BCUT2D eigenvalue weighted by atomic mass is 10.2. The fraction of sp³-hybridized carbons (Fsp3) is 0.800. The summed E-state index contributed by atoms with van der Waals surface area (Å²) in [7, 11) is 4.04. The largest absolute Gasteiger partial charge is 0.406 e. The predicted octanol–water partition coefficient (Wildman–Crippen LogP) is -0.561. The van der Waals surface area contributed by atoms with Crippen molar-refractivity contribution in [2.24, 2.45) is 5.73 Å². The predicted molar refractivity (Wildman–Crippen MR) is 61.2 cm³/mol. The van der Waals surface area contributed by atoms with E-state index in [9.17, 15) is 22.8 Å². The van der Waals surface area contributed by atoms with Gasteiger partial charge in [-0.15, -0.1) is 0 Å². The molecule has 0 aromatic carbocycles. The lowest BCUT2D eigenvalue weighted by molar-refractivity contribution is -0.165. The molecule has 0 aromatic heterocycles. The van der Waals surface area contributed by atoms with Gasteiger partial charge in [-0.05, 0) is 0 Å². The number of methoxy groups -OCH3 is 1. The molecule has 2 N–H and O–H groups in total. The zero-order valence-corrected chi connectivity index (χ0v) is 11.0. The highest BCUT2D eigenvalue weighted by molar-refractivity contribution is 5.87. The molecule has 0 fully saturated rings. The van der Waals surface area contributed by atoms with Crippen molar-refractivity contribution < 1.29 is 27.5 Å². The highest BCUT2D eigenvalue weighted by Crippen LogP contribution is 2.17. The lowest BCUT2D eigenvalue weighted by Crippen LogP contribution is -2.52. The molecule has 1 unspecified atom stereocenters. The molecule has 0 rings (SSSR count). The number of ether oxygens (including phenoxy) is 1. The van der Waals surface area contributed by atoms with Gasteiger partial charge in [-0.1, -0.05) is 0 Å². The second-order valence-electron chi connectivity index (χ2n) is 4.16. The Balaban J connectivity index is 4.85. The van der Waals surface area contributed by atoms with Crippen LogP contribution in [0.2, 0.25) is 0 Å². The van der Waals surface area contributed by atoms with Crippen molar-refractivity contribution >= 4 is 11.8 Å². The number of hydrogen-bond acceptors (Lipinski definition) is 4. The van der Waals surface area contributed by atoms with E-state index in [0.29, 0.717) is 4.90 Å². The van der Waals surface area contributed by atoms with Crippen LogP contribution in [0.15, 0.2) is 0 Å². The molecule has 19 heavy (non-hydrogen) atoms. The average molecular weight is 285 g/mol. The van der Waals surface area contributed by atoms with E-state index in [0.717, 1.165) is 4.90 Å². The summed E-state index contributed by atoms with van der Waals surface area (Å²) in [5, 5.41) is 0. The summed E-state index contributed by atoms with van der Waals surface area (Å²) in [5.74, 6) is -1.60. The molecular weight excluding hydrogens is 267 g/mol. The Morgan fingerprint density at radius 3 is 2.21 bits per heavy atom. The summed E-state index contributed by atoms with van der Waals surface area (Å²) in [6.07, 6.45) is -4.60. The third-order valence-electron chi connectivity index (χ3n) is 2.17. The van der Waals surface area contributed by atoms with Crippen molar-refractivity contribution in [2.75, 3.05) is 40.9 Å². The van der Waals surface area contributed by atoms with Gasteiger partial charge in [0.15, 0.2) is 0 Å². The number of likely N-dealkylation sites (N-methyl/N-ethyl adjacent to an activating group) is 1. The molecule has 2 amide bonds. The van der Waals surface area contributed by atoms with Gasteiger partial charge < -0.3 is 20.3 Å². The van der Waals surface area contributed by atoms with Crippen LogP contribution in [0.3, 0.4) is 0 Å². The zero-order valence-electron chi connectivity index (χ0n) is 11.0. The summed E-state index contributed by atoms with van der Waals surface area (Å²) in [6, 6.07) is -1.23. The highest BCUT2D eigenvalue weighted by atomic mass is 19.4. The first kappa shape index (κ1) is 17.6. The smallest absolute Gasteiger partial charge is 0.383 e. The highest BCUT2D eigenvalue weighted by Gasteiger charge is 2.35. The molecule has 0 spiro atoms. The number of halogens is 3. The topological polar surface area (TPSA) is 75.9 Å². The van der Waals surface area contributed by atoms with E-state index in [2.05, 4.69) is 4.74 Å². The van der Waals surface area contributed by atoms with E-state index in [1.807, 2.05) is 0 Å². The van der Waals surface area contributed by atoms with Crippen molar-refractivity contribution in [2.45, 2.75) is 12.2 Å². The Morgan fingerprint density at radius 2 is 1.84 bits per heavy atom. The van der Waals surface area contributed by atoms with E-state index < -0.39 is 37.1 Å². The first-order valence-corrected chi connectivity index (χ1v) is 5.38. The van der Waals surface area contributed by atoms with Gasteiger partial charge in [-0.25, -0.2) is 0 Å². The van der Waals surface area contributed by atoms with Crippen LogP contribution in [0.4, 0.5) is 13.2 Å². The molecule has 0 aliphatic rings. The molecule has 0 aliphatic carbocycles. The molecule has 112 valence electrons. The van der Waals surface area contributed by atoms with E-state index >= 15 is 0 Å². The Morgan fingerprint density at radius 1 is 1.32 bits per heavy atom. The number of carbonyl (C=O) groups excluding carboxylic acids is 2. The van der Waals surface area contributed by atoms with Gasteiger partial charge in [-0.2, -0.15) is 13.2 Å². The fourth-order valence-electron chi connectivity index (χ4n) is 1.22. The summed E-state index contributed by atoms with van der Waals surface area (Å²) in [5.41, 5.74) is 5.39. The van der Waals surface area contributed by atoms with E-state index in [1.54, 1.807) is 0 Å². The lowest BCUT2D eigenvalue weighted by Gasteiger charge is -2.27. The second kappa shape index (κ2) is 7.29. The molecule has 0 aromatic rings. The molecule has 9 heteroatoms. The quantitative estimate of drug-likeness (QED) is 0.710. The van der Waals surface area contributed by atoms with Crippen LogP contribution >= 0.6 is 0 Å². The van der Waals surface area contributed by atoms with Gasteiger partial charge in [0.05, 0.1) is 6.61 Å². The zero-order chi connectivity index (χ0) is 15.2. The Kier molecular flexibility index (Phi) is 6.77. The standard InChI is InChI=1S/C10H18F3N3O3/c1-15(2)8(17)4-16(6-10(11,12)13)9(18)7(14)5-19-3/h7H,4-6,14H2,1-3H3. The molecule has 0 heterocycles. The van der Waals surface area contributed by atoms with E-state index in [1.165, 1.54) is 21.2 Å². The third kappa shape index (κ3) is 6.97. The van der Waals surface area contributed by atoms with Gasteiger partial charge >= 0.3 is 6.18 Å². The number of carbonyl (C=O) groups is 2. The van der Waals surface area contributed by atoms with Crippen molar-refractivity contribution in [1.82, 2.24) is 9.80 Å². The van der Waals surface area contributed by atoms with Crippen LogP contribution < -0.4 is 5.73 Å². The molecule has 0 aliphatic heterocycles. The molecule has 0 bridgehead atoms. The molecule has 1 atom stereocenters. The number of alkyl halides is 3. The Labute approximate surface area is 109 Å². The Bertz CT molecular complexity index is 321. The van der Waals surface area contributed by atoms with E-state index in [4.69, 9.17) is 5.73 Å². The van der Waals surface area contributed by atoms with Crippen LogP contribution in [0.25, 0.3) is 0 Å². The molecule has 6 nitrogen and oxygen atoms in total. The van der Waals surface area contributed by atoms with Crippen molar-refractivity contribution in [3.63, 3.8) is 0 Å². The van der Waals surface area contributed by atoms with E-state index in [-0.39, 0.29) is 6.61 Å². The molecule has 0 radical (unpaired) electrons. The molecular formula is C10H18F3N3O3. The first-order valence-electron chi connectivity index (χ1n) is 5.38. The van der Waals surface area contributed by atoms with Crippen LogP contribution in [0.5, 0.6) is 0 Å². The number of amides is 2. The maximum absolute atomic E-state index is 12.4. The maximum atomic E-state index is 12.4. The van der Waals surface area contributed by atoms with Crippen LogP contribution in [-0.2, 0) is 14.3 Å². The van der Waals surface area contributed by atoms with Gasteiger partial charge in [0.2, 0.25) is 11.8 Å². The van der Waals surface area contributed by atoms with Gasteiger partial charge in [0, 0.05) is 21.2 Å². The van der Waals surface area contributed by atoms with Crippen molar-refractivity contribution in [3.8, 4) is 0 Å². The first-order chi connectivity index (χ1) is 8.58. The summed E-state index contributed by atoms with van der Waals surface area (Å²) < 4.78 is 41.7. The summed E-state index contributed by atoms with van der Waals surface area (Å²) in [6.45, 7) is -2.42. The maximum Gasteiger partial charge on any atom is 0.406 e. The summed E-state index contributed by atoms with van der Waals surface area (Å²) >= 11 is 0. The monoisotopic (exact) mass is 285 g/mol. The van der Waals surface area contributed by atoms with Gasteiger partial charge in [0.1, 0.15) is 19.1 Å². The SMILES string of the molecule is COCC(N)C(=O)N(CC(=O)N(C)C)CC(F)(F)F. The third-order valence-corrected chi connectivity index (χ3v) is 2.17. The molecule has 0 saturated carbocycles. The van der Waals surface area contributed by atoms with Crippen LogP contribution in [-0.4, -0.2) is 74.7 Å². The fourth-order valence-corrected chi connectivity index (χ4v) is 1.22. The number of rotatable bonds is 6. The number of nitrogens with zero attached hydrogens (tertiary/aromatic N) is 2. The minimum Gasteiger partial charge on any atom is -0.383 e. The second-order valence-corrected chi connectivity index (χ2v) is 4.16. The number of nitrogens with two attached hydrogens (primary N) is 1. The van der Waals surface area contributed by atoms with Crippen LogP contribution in [0, 0.1) is 0 Å². The molecule has 0 saturated heterocycles. The normalized spacial score (nSPS) is 13.0. The van der Waals surface area contributed by atoms with Crippen molar-refractivity contribution in [3.05, 3.63) is 0 Å². The Hall–Kier alpha value is -1.35.